The number of carboxylic acid groups (broad SMARTS) is 1. The van der Waals surface area contributed by atoms with Crippen LogP contribution >= 0.6 is 0 Å². The predicted octanol–water partition coefficient (Wildman–Crippen LogP) is 9.13. The van der Waals surface area contributed by atoms with Gasteiger partial charge < -0.3 is 58.9 Å². The van der Waals surface area contributed by atoms with Crippen LogP contribution in [0, 0.1) is 41.4 Å². The number of hydrogen-bond donors (Lipinski definition) is 4. The van der Waals surface area contributed by atoms with Gasteiger partial charge in [0.25, 0.3) is 0 Å². The van der Waals surface area contributed by atoms with Crippen LogP contribution in [0.4, 0.5) is 0 Å². The number of ether oxygens (including phenoxy) is 5. The molecule has 16 nitrogen and oxygen atoms in total. The topological polar surface area (TPSA) is 193 Å². The van der Waals surface area contributed by atoms with Crippen LogP contribution in [-0.2, 0) is 34.9 Å². The summed E-state index contributed by atoms with van der Waals surface area (Å²) in [5, 5.41) is 47.0. The SMILES string of the molecule is C=C([C@H](C)C[C@@](C)(OC)[C@H](O[C@H](C)[C@H](O)[C@H](CC(C)C)N(C)C)[C@@H](C)[C@H](O[C@H](C)C[C@@](C)(OC)[C@@H](OCCN(C)CCCc1ccc2c(c1)c(=O)c(C(=O)O)cn2N(C)C)C(C)C)[C@@H](C)C(C)=O)[C@H](C)[C@@H](O)[C@](C)(O)[C@H](C)CC. The number of aryl methyl sites for hydroxylation is 1. The summed E-state index contributed by atoms with van der Waals surface area (Å²) in [5.41, 5.74) is -1.57. The highest BCUT2D eigenvalue weighted by Crippen LogP contribution is 2.41. The highest BCUT2D eigenvalue weighted by atomic mass is 16.6. The number of carboxylic acids is 1. The molecule has 0 amide bonds. The number of carbonyl (C=O) groups excluding carboxylic acids is 1. The molecule has 0 fully saturated rings. The van der Waals surface area contributed by atoms with Crippen LogP contribution in [0.5, 0.6) is 0 Å². The molecule has 1 aromatic heterocycles. The van der Waals surface area contributed by atoms with E-state index in [0.29, 0.717) is 55.7 Å². The lowest BCUT2D eigenvalue weighted by atomic mass is 9.72. The Morgan fingerprint density at radius 2 is 1.41 bits per heavy atom. The van der Waals surface area contributed by atoms with Crippen molar-refractivity contribution in [3.05, 3.63) is 57.9 Å². The van der Waals surface area contributed by atoms with E-state index in [4.69, 9.17) is 23.7 Å². The molecule has 0 saturated carbocycles. The van der Waals surface area contributed by atoms with Gasteiger partial charge in [0.05, 0.1) is 71.7 Å². The molecule has 16 heteroatoms. The Hall–Kier alpha value is -3.29. The lowest BCUT2D eigenvalue weighted by Gasteiger charge is -2.47. The zero-order valence-corrected chi connectivity index (χ0v) is 53.4. The maximum absolute atomic E-state index is 13.6. The average molecular weight is 1120 g/mol. The number of aliphatic hydroxyl groups excluding tert-OH is 2. The normalized spacial score (nSPS) is 19.8. The Morgan fingerprint density at radius 3 is 1.90 bits per heavy atom. The van der Waals surface area contributed by atoms with Crippen LogP contribution in [0.15, 0.2) is 41.3 Å². The Labute approximate surface area is 477 Å². The summed E-state index contributed by atoms with van der Waals surface area (Å²) in [4.78, 5) is 42.9. The molecule has 0 unspecified atom stereocenters. The largest absolute Gasteiger partial charge is 0.477 e. The van der Waals surface area contributed by atoms with Gasteiger partial charge in [-0.15, -0.1) is 0 Å². The van der Waals surface area contributed by atoms with Gasteiger partial charge >= 0.3 is 5.97 Å². The third-order valence-electron chi connectivity index (χ3n) is 17.7. The first-order valence-electron chi connectivity index (χ1n) is 29.2. The number of Topliss-reactive ketones (excluding diaryl/α,β-unsaturated/α-hetero) is 1. The highest BCUT2D eigenvalue weighted by molar-refractivity contribution is 5.92. The molecule has 0 aliphatic rings. The van der Waals surface area contributed by atoms with Crippen molar-refractivity contribution in [3.63, 3.8) is 0 Å². The number of pyridine rings is 1. The fraction of sp³-hybridized carbons (Fsp3) is 0.794. The minimum atomic E-state index is -1.34. The average Bonchev–Trinajstić information content (AvgIpc) is 3.37. The molecule has 0 bridgehead atoms. The summed E-state index contributed by atoms with van der Waals surface area (Å²) >= 11 is 0. The molecule has 0 spiro atoms. The second-order valence-corrected chi connectivity index (χ2v) is 25.4. The molecule has 0 aliphatic carbocycles. The molecule has 16 atom stereocenters. The van der Waals surface area contributed by atoms with Crippen molar-refractivity contribution in [1.29, 1.82) is 0 Å². The lowest BCUT2D eigenvalue weighted by molar-refractivity contribution is -0.214. The minimum Gasteiger partial charge on any atom is -0.477 e. The molecule has 0 saturated heterocycles. The number of aromatic carboxylic acids is 1. The maximum atomic E-state index is 13.6. The Bertz CT molecular complexity index is 2270. The number of rotatable bonds is 38. The van der Waals surface area contributed by atoms with E-state index >= 15 is 0 Å². The van der Waals surface area contributed by atoms with Gasteiger partial charge in [0.2, 0.25) is 5.43 Å². The maximum Gasteiger partial charge on any atom is 0.341 e. The molecule has 4 N–H and O–H groups in total. The predicted molar refractivity (Wildman–Crippen MR) is 320 cm³/mol. The van der Waals surface area contributed by atoms with Crippen LogP contribution in [0.25, 0.3) is 10.9 Å². The van der Waals surface area contributed by atoms with Crippen LogP contribution in [-0.4, -0.2) is 181 Å². The fourth-order valence-electron chi connectivity index (χ4n) is 11.9. The summed E-state index contributed by atoms with van der Waals surface area (Å²) in [7, 11) is 12.9. The summed E-state index contributed by atoms with van der Waals surface area (Å²) < 4.78 is 35.7. The number of benzene rings is 1. The van der Waals surface area contributed by atoms with Crippen molar-refractivity contribution in [1.82, 2.24) is 14.5 Å². The molecule has 2 aromatic rings. The fourth-order valence-corrected chi connectivity index (χ4v) is 11.9. The first kappa shape index (κ1) is 71.8. The van der Waals surface area contributed by atoms with Crippen LogP contribution in [0.2, 0.25) is 0 Å². The van der Waals surface area contributed by atoms with Gasteiger partial charge in [0, 0.05) is 76.7 Å². The molecule has 0 aliphatic heterocycles. The zero-order chi connectivity index (χ0) is 60.8. The molecular formula is C63H112N4O12. The molecular weight excluding hydrogens is 1000 g/mol. The van der Waals surface area contributed by atoms with E-state index in [1.165, 1.54) is 6.20 Å². The Morgan fingerprint density at radius 1 is 0.823 bits per heavy atom. The molecule has 79 heavy (non-hydrogen) atoms. The van der Waals surface area contributed by atoms with Crippen molar-refractivity contribution in [2.75, 3.05) is 74.2 Å². The van der Waals surface area contributed by atoms with E-state index in [2.05, 4.69) is 46.1 Å². The summed E-state index contributed by atoms with van der Waals surface area (Å²) in [6, 6.07) is 5.47. The summed E-state index contributed by atoms with van der Waals surface area (Å²) in [6.45, 7) is 37.9. The summed E-state index contributed by atoms with van der Waals surface area (Å²) in [6.07, 6.45) is 0.453. The standard InChI is InChI=1S/C63H112N4O12/c1-25-41(7)63(17,74)57(71)44(10)43(9)40(6)35-61(15,75-23)59(79-48(14)54(69)53(64(18)19)33-38(2)3)46(12)56(45(11)47(13)68)78-42(8)36-62(16,76-24)58(39(4)5)77-32-31-66(22)30-26-27-49-28-29-52-50(34-49)55(70)51(60(72)73)37-67(52)65(20)21/h28-29,34,37-42,44-46,48,53-54,56-59,69,71,74H,9,25-27,30-33,35-36H2,1-8,10-24H3,(H,72,73)/t40-,41-,42-,44+,45+,46+,48-,53+,54+,56-,57-,58+,59-,61-,62-,63-/m1/s1. The Balaban J connectivity index is 2.45. The number of methoxy groups -OCH3 is 2. The zero-order valence-electron chi connectivity index (χ0n) is 53.4. The van der Waals surface area contributed by atoms with Crippen LogP contribution < -0.4 is 10.4 Å². The second kappa shape index (κ2) is 31.4. The van der Waals surface area contributed by atoms with Gasteiger partial charge in [-0.1, -0.05) is 93.9 Å². The number of aromatic nitrogens is 1. The number of aliphatic hydroxyl groups is 3. The van der Waals surface area contributed by atoms with Crippen molar-refractivity contribution < 1.29 is 53.7 Å². The number of nitrogens with zero attached hydrogens (tertiary/aromatic N) is 4. The van der Waals surface area contributed by atoms with E-state index in [1.54, 1.807) is 51.8 Å². The van der Waals surface area contributed by atoms with E-state index < -0.39 is 82.6 Å². The summed E-state index contributed by atoms with van der Waals surface area (Å²) in [5.74, 6) is -2.75. The molecule has 0 radical (unpaired) electrons. The Kier molecular flexibility index (Phi) is 28.5. The van der Waals surface area contributed by atoms with Crippen molar-refractivity contribution in [2.24, 2.45) is 41.4 Å². The second-order valence-electron chi connectivity index (χ2n) is 25.4. The number of likely N-dealkylation sites (N-methyl/N-ethyl adjacent to an activating group) is 2. The van der Waals surface area contributed by atoms with Crippen molar-refractivity contribution in [3.8, 4) is 0 Å². The van der Waals surface area contributed by atoms with Gasteiger partial charge in [0.1, 0.15) is 11.3 Å². The first-order chi connectivity index (χ1) is 36.5. The van der Waals surface area contributed by atoms with Gasteiger partial charge in [-0.3, -0.25) is 14.3 Å². The highest BCUT2D eigenvalue weighted by Gasteiger charge is 2.49. The van der Waals surface area contributed by atoms with Gasteiger partial charge in [-0.05, 0) is 136 Å². The quantitative estimate of drug-likeness (QED) is 0.0465. The number of ketones is 1. The van der Waals surface area contributed by atoms with Crippen LogP contribution in [0.1, 0.15) is 159 Å². The number of hydrogen-bond acceptors (Lipinski definition) is 14. The van der Waals surface area contributed by atoms with Crippen molar-refractivity contribution in [2.45, 2.75) is 215 Å². The number of carbonyl (C=O) groups is 2. The third kappa shape index (κ3) is 19.1. The van der Waals surface area contributed by atoms with E-state index in [9.17, 15) is 34.8 Å². The van der Waals surface area contributed by atoms with E-state index in [1.807, 2.05) is 107 Å². The van der Waals surface area contributed by atoms with Gasteiger partial charge in [-0.25, -0.2) is 4.79 Å². The minimum absolute atomic E-state index is 0.0413. The first-order valence-corrected chi connectivity index (χ1v) is 29.2. The monoisotopic (exact) mass is 1120 g/mol. The molecule has 2 rings (SSSR count). The van der Waals surface area contributed by atoms with E-state index in [0.717, 1.165) is 30.5 Å². The molecule has 1 aromatic carbocycles. The van der Waals surface area contributed by atoms with Crippen molar-refractivity contribution >= 4 is 22.7 Å². The smallest absolute Gasteiger partial charge is 0.341 e. The lowest BCUT2D eigenvalue weighted by Crippen LogP contribution is -2.57. The van der Waals surface area contributed by atoms with Gasteiger partial charge in [-0.2, -0.15) is 0 Å². The molecule has 456 valence electrons. The third-order valence-corrected chi connectivity index (χ3v) is 17.7. The molecule has 1 heterocycles. The van der Waals surface area contributed by atoms with Crippen LogP contribution in [0.3, 0.4) is 0 Å². The van der Waals surface area contributed by atoms with Gasteiger partial charge in [0.15, 0.2) is 0 Å². The number of fused-ring (bicyclic) bond motifs is 1. The van der Waals surface area contributed by atoms with E-state index in [-0.39, 0.29) is 41.2 Å².